The minimum Gasteiger partial charge on any atom is -0.491 e. The van der Waals surface area contributed by atoms with Gasteiger partial charge in [-0.3, -0.25) is 19.9 Å². The summed E-state index contributed by atoms with van der Waals surface area (Å²) in [6.07, 6.45) is -0.613. The van der Waals surface area contributed by atoms with Gasteiger partial charge in [-0.15, -0.1) is 0 Å². The van der Waals surface area contributed by atoms with E-state index in [0.29, 0.717) is 12.3 Å². The van der Waals surface area contributed by atoms with Crippen molar-refractivity contribution in [2.75, 3.05) is 39.3 Å². The quantitative estimate of drug-likeness (QED) is 0.537. The summed E-state index contributed by atoms with van der Waals surface area (Å²) in [5.41, 5.74) is 1.26. The van der Waals surface area contributed by atoms with Crippen molar-refractivity contribution < 1.29 is 14.8 Å². The number of benzene rings is 2. The minimum absolute atomic E-state index is 0.0179. The molecule has 1 aliphatic rings. The third-order valence-corrected chi connectivity index (χ3v) is 5.00. The van der Waals surface area contributed by atoms with Gasteiger partial charge in [0.2, 0.25) is 0 Å². The van der Waals surface area contributed by atoms with Gasteiger partial charge in [0.1, 0.15) is 18.5 Å². The topological polar surface area (TPSA) is 79.1 Å². The fraction of sp³-hybridized carbons (Fsp3) is 0.400. The molecule has 7 nitrogen and oxygen atoms in total. The molecule has 1 aliphatic heterocycles. The lowest BCUT2D eigenvalue weighted by atomic mass is 10.2. The molecule has 2 aromatic carbocycles. The molecule has 0 radical (unpaired) electrons. The van der Waals surface area contributed by atoms with Crippen LogP contribution in [0.5, 0.6) is 5.75 Å². The average Bonchev–Trinajstić information content (AvgIpc) is 2.70. The molecule has 3 rings (SSSR count). The molecule has 0 amide bonds. The summed E-state index contributed by atoms with van der Waals surface area (Å²) in [5, 5.41) is 21.6. The molecule has 0 aromatic heterocycles. The zero-order valence-electron chi connectivity index (χ0n) is 15.5. The Morgan fingerprint density at radius 2 is 1.64 bits per heavy atom. The van der Waals surface area contributed by atoms with Crippen molar-refractivity contribution in [1.29, 1.82) is 0 Å². The lowest BCUT2D eigenvalue weighted by Crippen LogP contribution is -2.48. The van der Waals surface area contributed by atoms with E-state index in [2.05, 4.69) is 9.80 Å². The van der Waals surface area contributed by atoms with Gasteiger partial charge in [0.05, 0.1) is 4.92 Å². The second kappa shape index (κ2) is 9.84. The Labute approximate surface area is 169 Å². The van der Waals surface area contributed by atoms with Gasteiger partial charge in [-0.1, -0.05) is 23.7 Å². The van der Waals surface area contributed by atoms with Crippen LogP contribution in [0.4, 0.5) is 5.69 Å². The molecule has 2 aromatic rings. The standard InChI is InChI=1S/C20H24ClN3O4/c21-17-3-1-16(2-4-17)13-22-9-11-23(12-10-22)14-19(25)15-28-20-7-5-18(6-8-20)24(26)27/h1-8,19,25H,9-15H2. The monoisotopic (exact) mass is 405 g/mol. The largest absolute Gasteiger partial charge is 0.491 e. The number of non-ortho nitro benzene ring substituents is 1. The second-order valence-corrected chi connectivity index (χ2v) is 7.36. The first-order valence-electron chi connectivity index (χ1n) is 9.24. The van der Waals surface area contributed by atoms with Gasteiger partial charge in [0.15, 0.2) is 0 Å². The Morgan fingerprint density at radius 3 is 2.25 bits per heavy atom. The summed E-state index contributed by atoms with van der Waals surface area (Å²) in [4.78, 5) is 14.8. The zero-order chi connectivity index (χ0) is 19.9. The highest BCUT2D eigenvalue weighted by Gasteiger charge is 2.19. The number of rotatable bonds is 8. The van der Waals surface area contributed by atoms with Crippen LogP contribution in [0.2, 0.25) is 5.02 Å². The van der Waals surface area contributed by atoms with E-state index < -0.39 is 11.0 Å². The smallest absolute Gasteiger partial charge is 0.269 e. The lowest BCUT2D eigenvalue weighted by Gasteiger charge is -2.35. The first-order valence-corrected chi connectivity index (χ1v) is 9.62. The van der Waals surface area contributed by atoms with Crippen LogP contribution >= 0.6 is 11.6 Å². The molecule has 0 bridgehead atoms. The summed E-state index contributed by atoms with van der Waals surface area (Å²) in [5.74, 6) is 0.512. The van der Waals surface area contributed by atoms with Gasteiger partial charge in [-0.25, -0.2) is 0 Å². The van der Waals surface area contributed by atoms with Crippen molar-refractivity contribution in [2.24, 2.45) is 0 Å². The highest BCUT2D eigenvalue weighted by molar-refractivity contribution is 6.30. The number of hydrogen-bond acceptors (Lipinski definition) is 6. The van der Waals surface area contributed by atoms with E-state index in [-0.39, 0.29) is 12.3 Å². The molecule has 1 unspecified atom stereocenters. The molecule has 1 fully saturated rings. The summed E-state index contributed by atoms with van der Waals surface area (Å²) in [7, 11) is 0. The van der Waals surface area contributed by atoms with Gasteiger partial charge < -0.3 is 9.84 Å². The number of nitro groups is 1. The summed E-state index contributed by atoms with van der Waals surface area (Å²) in [6, 6.07) is 13.8. The number of nitrogens with zero attached hydrogens (tertiary/aromatic N) is 3. The lowest BCUT2D eigenvalue weighted by molar-refractivity contribution is -0.384. The van der Waals surface area contributed by atoms with E-state index in [9.17, 15) is 15.2 Å². The molecule has 0 saturated carbocycles. The van der Waals surface area contributed by atoms with Crippen molar-refractivity contribution >= 4 is 17.3 Å². The summed E-state index contributed by atoms with van der Waals surface area (Å²) >= 11 is 5.92. The van der Waals surface area contributed by atoms with Gasteiger partial charge in [0.25, 0.3) is 5.69 Å². The molecule has 0 aliphatic carbocycles. The van der Waals surface area contributed by atoms with Crippen LogP contribution in [0.25, 0.3) is 0 Å². The van der Waals surface area contributed by atoms with Crippen LogP contribution in [0.3, 0.4) is 0 Å². The molecule has 28 heavy (non-hydrogen) atoms. The molecule has 1 N–H and O–H groups in total. The predicted molar refractivity (Wildman–Crippen MR) is 108 cm³/mol. The normalized spacial score (nSPS) is 16.6. The molecule has 150 valence electrons. The third-order valence-electron chi connectivity index (χ3n) is 4.74. The zero-order valence-corrected chi connectivity index (χ0v) is 16.3. The molecule has 1 atom stereocenters. The Hall–Kier alpha value is -2.19. The van der Waals surface area contributed by atoms with E-state index >= 15 is 0 Å². The van der Waals surface area contributed by atoms with E-state index in [1.165, 1.54) is 17.7 Å². The van der Waals surface area contributed by atoms with Gasteiger partial charge >= 0.3 is 0 Å². The molecule has 1 saturated heterocycles. The fourth-order valence-electron chi connectivity index (χ4n) is 3.19. The van der Waals surface area contributed by atoms with E-state index in [1.807, 2.05) is 24.3 Å². The summed E-state index contributed by atoms with van der Waals surface area (Å²) < 4.78 is 5.53. The Balaban J connectivity index is 1.36. The predicted octanol–water partition coefficient (Wildman–Crippen LogP) is 2.81. The first kappa shape index (κ1) is 20.5. The Bertz CT molecular complexity index is 762. The van der Waals surface area contributed by atoms with Crippen molar-refractivity contribution in [3.63, 3.8) is 0 Å². The van der Waals surface area contributed by atoms with Crippen LogP contribution in [-0.2, 0) is 6.54 Å². The number of piperazine rings is 1. The van der Waals surface area contributed by atoms with Gasteiger partial charge in [-0.05, 0) is 29.8 Å². The maximum absolute atomic E-state index is 10.6. The fourth-order valence-corrected chi connectivity index (χ4v) is 3.31. The van der Waals surface area contributed by atoms with Crippen molar-refractivity contribution in [3.05, 3.63) is 69.2 Å². The van der Waals surface area contributed by atoms with E-state index in [1.54, 1.807) is 12.1 Å². The maximum Gasteiger partial charge on any atom is 0.269 e. The van der Waals surface area contributed by atoms with Crippen LogP contribution in [-0.4, -0.2) is 65.3 Å². The molecular formula is C20H24ClN3O4. The number of β-amino-alcohol motifs (C(OH)–C–C–N with tert-alkyl or cyclic N) is 1. The van der Waals surface area contributed by atoms with Crippen molar-refractivity contribution in [3.8, 4) is 5.75 Å². The van der Waals surface area contributed by atoms with Crippen LogP contribution in [0.1, 0.15) is 5.56 Å². The number of ether oxygens (including phenoxy) is 1. The van der Waals surface area contributed by atoms with Gasteiger partial charge in [0, 0.05) is 56.4 Å². The number of aliphatic hydroxyl groups is 1. The SMILES string of the molecule is O=[N+]([O-])c1ccc(OCC(O)CN2CCN(Cc3ccc(Cl)cc3)CC2)cc1. The van der Waals surface area contributed by atoms with Crippen LogP contribution in [0, 0.1) is 10.1 Å². The maximum atomic E-state index is 10.6. The minimum atomic E-state index is -0.613. The molecular weight excluding hydrogens is 382 g/mol. The van der Waals surface area contributed by atoms with Gasteiger partial charge in [-0.2, -0.15) is 0 Å². The molecule has 8 heteroatoms. The Morgan fingerprint density at radius 1 is 1.04 bits per heavy atom. The third kappa shape index (κ3) is 6.17. The number of aliphatic hydroxyl groups excluding tert-OH is 1. The average molecular weight is 406 g/mol. The molecule has 0 spiro atoms. The number of nitro benzene ring substituents is 1. The highest BCUT2D eigenvalue weighted by atomic mass is 35.5. The van der Waals surface area contributed by atoms with Crippen molar-refractivity contribution in [2.45, 2.75) is 12.6 Å². The van der Waals surface area contributed by atoms with Crippen LogP contribution in [0.15, 0.2) is 48.5 Å². The Kier molecular flexibility index (Phi) is 7.22. The van der Waals surface area contributed by atoms with Crippen LogP contribution < -0.4 is 4.74 Å². The van der Waals surface area contributed by atoms with E-state index in [4.69, 9.17) is 16.3 Å². The molecule has 1 heterocycles. The highest BCUT2D eigenvalue weighted by Crippen LogP contribution is 2.18. The van der Waals surface area contributed by atoms with Crippen molar-refractivity contribution in [1.82, 2.24) is 9.80 Å². The first-order chi connectivity index (χ1) is 13.5. The van der Waals surface area contributed by atoms with E-state index in [0.717, 1.165) is 37.7 Å². The summed E-state index contributed by atoms with van der Waals surface area (Å²) in [6.45, 7) is 5.27. The number of halogens is 1. The second-order valence-electron chi connectivity index (χ2n) is 6.92. The number of hydrogen-bond donors (Lipinski definition) is 1.